The van der Waals surface area contributed by atoms with Crippen LogP contribution in [0.1, 0.15) is 6.92 Å². The second kappa shape index (κ2) is 7.43. The first kappa shape index (κ1) is 18.3. The molecule has 2 amide bonds. The Morgan fingerprint density at radius 2 is 1.73 bits per heavy atom. The summed E-state index contributed by atoms with van der Waals surface area (Å²) >= 11 is 0. The van der Waals surface area contributed by atoms with E-state index >= 15 is 0 Å². The first-order valence-electron chi connectivity index (χ1n) is 8.26. The number of sulfonamides is 1. The van der Waals surface area contributed by atoms with Crippen LogP contribution in [-0.4, -0.2) is 49.3 Å². The molecular formula is C18H20FN3O3S. The van der Waals surface area contributed by atoms with E-state index in [2.05, 4.69) is 5.32 Å². The van der Waals surface area contributed by atoms with Gasteiger partial charge in [0.05, 0.1) is 4.90 Å². The Morgan fingerprint density at radius 1 is 1.08 bits per heavy atom. The topological polar surface area (TPSA) is 69.7 Å². The van der Waals surface area contributed by atoms with Gasteiger partial charge in [-0.1, -0.05) is 18.2 Å². The molecule has 138 valence electrons. The third-order valence-electron chi connectivity index (χ3n) is 4.30. The van der Waals surface area contributed by atoms with E-state index in [0.29, 0.717) is 5.69 Å². The third-order valence-corrected chi connectivity index (χ3v) is 6.33. The SMILES string of the molecule is CC1CN(C(=O)Nc2ccccc2)CCN1S(=O)(=O)c1ccc(F)cc1. The van der Waals surface area contributed by atoms with Gasteiger partial charge in [0, 0.05) is 31.4 Å². The van der Waals surface area contributed by atoms with Crippen molar-refractivity contribution < 1.29 is 17.6 Å². The quantitative estimate of drug-likeness (QED) is 0.894. The molecule has 8 heteroatoms. The van der Waals surface area contributed by atoms with Crippen LogP contribution in [0.5, 0.6) is 0 Å². The average molecular weight is 377 g/mol. The number of anilines is 1. The molecule has 1 heterocycles. The van der Waals surface area contributed by atoms with Gasteiger partial charge in [-0.05, 0) is 43.3 Å². The summed E-state index contributed by atoms with van der Waals surface area (Å²) in [4.78, 5) is 14.0. The molecule has 0 aromatic heterocycles. The number of rotatable bonds is 3. The van der Waals surface area contributed by atoms with E-state index < -0.39 is 15.8 Å². The molecule has 1 fully saturated rings. The van der Waals surface area contributed by atoms with Crippen LogP contribution in [0.15, 0.2) is 59.5 Å². The number of urea groups is 1. The van der Waals surface area contributed by atoms with E-state index in [1.54, 1.807) is 24.0 Å². The maximum Gasteiger partial charge on any atom is 0.321 e. The fraction of sp³-hybridized carbons (Fsp3) is 0.278. The van der Waals surface area contributed by atoms with Gasteiger partial charge in [-0.3, -0.25) is 0 Å². The highest BCUT2D eigenvalue weighted by molar-refractivity contribution is 7.89. The Morgan fingerprint density at radius 3 is 2.35 bits per heavy atom. The molecule has 1 atom stereocenters. The summed E-state index contributed by atoms with van der Waals surface area (Å²) in [6, 6.07) is 13.2. The Bertz CT molecular complexity index is 872. The summed E-state index contributed by atoms with van der Waals surface area (Å²) in [5, 5.41) is 2.80. The van der Waals surface area contributed by atoms with Crippen molar-refractivity contribution in [3.8, 4) is 0 Å². The van der Waals surface area contributed by atoms with Crippen LogP contribution in [0.4, 0.5) is 14.9 Å². The number of hydrogen-bond donors (Lipinski definition) is 1. The molecule has 1 aliphatic rings. The standard InChI is InChI=1S/C18H20FN3O3S/c1-14-13-21(18(23)20-16-5-3-2-4-6-16)11-12-22(14)26(24,25)17-9-7-15(19)8-10-17/h2-10,14H,11-13H2,1H3,(H,20,23). The van der Waals surface area contributed by atoms with E-state index in [1.165, 1.54) is 16.4 Å². The lowest BCUT2D eigenvalue weighted by Crippen LogP contribution is -2.56. The lowest BCUT2D eigenvalue weighted by molar-refractivity contribution is 0.157. The molecule has 2 aromatic carbocycles. The number of piperazine rings is 1. The van der Waals surface area contributed by atoms with E-state index in [9.17, 15) is 17.6 Å². The monoisotopic (exact) mass is 377 g/mol. The molecule has 6 nitrogen and oxygen atoms in total. The zero-order valence-electron chi connectivity index (χ0n) is 14.3. The number of halogens is 1. The summed E-state index contributed by atoms with van der Waals surface area (Å²) in [5.74, 6) is -0.487. The van der Waals surface area contributed by atoms with E-state index in [-0.39, 0.29) is 36.6 Å². The van der Waals surface area contributed by atoms with Crippen LogP contribution in [0, 0.1) is 5.82 Å². The summed E-state index contributed by atoms with van der Waals surface area (Å²) < 4.78 is 39.9. The Hall–Kier alpha value is -2.45. The lowest BCUT2D eigenvalue weighted by atomic mass is 10.2. The van der Waals surface area contributed by atoms with Crippen molar-refractivity contribution in [1.82, 2.24) is 9.21 Å². The van der Waals surface area contributed by atoms with Gasteiger partial charge in [-0.2, -0.15) is 4.31 Å². The Balaban J connectivity index is 1.68. The van der Waals surface area contributed by atoms with Gasteiger partial charge < -0.3 is 10.2 Å². The molecule has 26 heavy (non-hydrogen) atoms. The van der Waals surface area contributed by atoms with Gasteiger partial charge in [0.1, 0.15) is 5.82 Å². The highest BCUT2D eigenvalue weighted by Gasteiger charge is 2.35. The Kier molecular flexibility index (Phi) is 5.24. The van der Waals surface area contributed by atoms with Crippen molar-refractivity contribution in [3.63, 3.8) is 0 Å². The Labute approximate surface area is 152 Å². The molecule has 0 aliphatic carbocycles. The molecule has 1 saturated heterocycles. The van der Waals surface area contributed by atoms with Crippen molar-refractivity contribution in [2.24, 2.45) is 0 Å². The van der Waals surface area contributed by atoms with Crippen molar-refractivity contribution in [2.75, 3.05) is 25.0 Å². The summed E-state index contributed by atoms with van der Waals surface area (Å²) in [6.07, 6.45) is 0. The van der Waals surface area contributed by atoms with Crippen molar-refractivity contribution in [1.29, 1.82) is 0 Å². The van der Waals surface area contributed by atoms with Crippen LogP contribution >= 0.6 is 0 Å². The smallest absolute Gasteiger partial charge is 0.321 e. The van der Waals surface area contributed by atoms with Crippen molar-refractivity contribution in [2.45, 2.75) is 17.9 Å². The molecular weight excluding hydrogens is 357 g/mol. The van der Waals surface area contributed by atoms with Crippen molar-refractivity contribution >= 4 is 21.7 Å². The van der Waals surface area contributed by atoms with E-state index in [1.807, 2.05) is 18.2 Å². The second-order valence-electron chi connectivity index (χ2n) is 6.16. The highest BCUT2D eigenvalue weighted by Crippen LogP contribution is 2.22. The average Bonchev–Trinajstić information content (AvgIpc) is 2.62. The summed E-state index contributed by atoms with van der Waals surface area (Å²) in [5.41, 5.74) is 0.687. The number of nitrogens with one attached hydrogen (secondary N) is 1. The number of carbonyl (C=O) groups is 1. The van der Waals surface area contributed by atoms with Gasteiger partial charge in [0.15, 0.2) is 0 Å². The van der Waals surface area contributed by atoms with Gasteiger partial charge >= 0.3 is 6.03 Å². The molecule has 0 radical (unpaired) electrons. The predicted octanol–water partition coefficient (Wildman–Crippen LogP) is 2.75. The molecule has 1 N–H and O–H groups in total. The third kappa shape index (κ3) is 3.86. The molecule has 3 rings (SSSR count). The maximum absolute atomic E-state index is 13.1. The number of carbonyl (C=O) groups excluding carboxylic acids is 1. The van der Waals surface area contributed by atoms with Gasteiger partial charge in [-0.15, -0.1) is 0 Å². The molecule has 2 aromatic rings. The number of para-hydroxylation sites is 1. The minimum Gasteiger partial charge on any atom is -0.322 e. The fourth-order valence-corrected chi connectivity index (χ4v) is 4.56. The van der Waals surface area contributed by atoms with Crippen LogP contribution < -0.4 is 5.32 Å². The zero-order chi connectivity index (χ0) is 18.7. The van der Waals surface area contributed by atoms with Gasteiger partial charge in [0.2, 0.25) is 10.0 Å². The minimum atomic E-state index is -3.73. The van der Waals surface area contributed by atoms with Gasteiger partial charge in [-0.25, -0.2) is 17.6 Å². The van der Waals surface area contributed by atoms with Gasteiger partial charge in [0.25, 0.3) is 0 Å². The predicted molar refractivity (Wildman–Crippen MR) is 96.8 cm³/mol. The van der Waals surface area contributed by atoms with Crippen molar-refractivity contribution in [3.05, 3.63) is 60.4 Å². The van der Waals surface area contributed by atoms with Crippen LogP contribution in [-0.2, 0) is 10.0 Å². The lowest BCUT2D eigenvalue weighted by Gasteiger charge is -2.38. The first-order valence-corrected chi connectivity index (χ1v) is 9.70. The summed E-state index contributed by atoms with van der Waals surface area (Å²) in [7, 11) is -3.73. The van der Waals surface area contributed by atoms with Crippen LogP contribution in [0.25, 0.3) is 0 Å². The fourth-order valence-electron chi connectivity index (χ4n) is 2.95. The minimum absolute atomic E-state index is 0.0490. The number of nitrogens with zero attached hydrogens (tertiary/aromatic N) is 2. The van der Waals surface area contributed by atoms with Crippen LogP contribution in [0.2, 0.25) is 0 Å². The molecule has 1 aliphatic heterocycles. The number of benzene rings is 2. The largest absolute Gasteiger partial charge is 0.322 e. The number of hydrogen-bond acceptors (Lipinski definition) is 3. The van der Waals surface area contributed by atoms with E-state index in [4.69, 9.17) is 0 Å². The zero-order valence-corrected chi connectivity index (χ0v) is 15.1. The molecule has 0 spiro atoms. The highest BCUT2D eigenvalue weighted by atomic mass is 32.2. The van der Waals surface area contributed by atoms with E-state index in [0.717, 1.165) is 12.1 Å². The molecule has 0 saturated carbocycles. The van der Waals surface area contributed by atoms with Crippen LogP contribution in [0.3, 0.4) is 0 Å². The maximum atomic E-state index is 13.1. The molecule has 0 bridgehead atoms. The first-order chi connectivity index (χ1) is 12.4. The normalized spacial score (nSPS) is 18.5. The second-order valence-corrected chi connectivity index (χ2v) is 8.05. The summed E-state index contributed by atoms with van der Waals surface area (Å²) in [6.45, 7) is 2.49. The number of amides is 2. The molecule has 1 unspecified atom stereocenters.